The predicted molar refractivity (Wildman–Crippen MR) is 111 cm³/mol. The molecule has 0 radical (unpaired) electrons. The number of rotatable bonds is 4. The molecule has 1 aromatic heterocycles. The van der Waals surface area contributed by atoms with Crippen LogP contribution in [0.25, 0.3) is 10.8 Å². The molecule has 0 unspecified atom stereocenters. The number of nitrogens with one attached hydrogen (secondary N) is 2. The number of benzene rings is 3. The van der Waals surface area contributed by atoms with E-state index in [4.69, 9.17) is 0 Å². The van der Waals surface area contributed by atoms with Gasteiger partial charge in [0.15, 0.2) is 0 Å². The van der Waals surface area contributed by atoms with Crippen molar-refractivity contribution < 1.29 is 9.59 Å². The van der Waals surface area contributed by atoms with Crippen LogP contribution >= 0.6 is 0 Å². The minimum atomic E-state index is -0.317. The Morgan fingerprint density at radius 1 is 0.714 bits per heavy atom. The first-order chi connectivity index (χ1) is 13.7. The Labute approximate surface area is 162 Å². The molecule has 2 N–H and O–H groups in total. The van der Waals surface area contributed by atoms with Gasteiger partial charge >= 0.3 is 0 Å². The van der Waals surface area contributed by atoms with E-state index < -0.39 is 0 Å². The third kappa shape index (κ3) is 3.73. The maximum atomic E-state index is 12.7. The zero-order valence-corrected chi connectivity index (χ0v) is 14.9. The third-order valence-electron chi connectivity index (χ3n) is 4.35. The number of carbonyl (C=O) groups excluding carboxylic acids is 2. The molecular weight excluding hydrogens is 350 g/mol. The summed E-state index contributed by atoms with van der Waals surface area (Å²) in [4.78, 5) is 29.4. The molecule has 0 saturated heterocycles. The van der Waals surface area contributed by atoms with Crippen LogP contribution in [-0.2, 0) is 0 Å². The molecule has 2 amide bonds. The molecule has 0 atom stereocenters. The van der Waals surface area contributed by atoms with Gasteiger partial charge in [-0.05, 0) is 47.2 Å². The van der Waals surface area contributed by atoms with Crippen molar-refractivity contribution in [1.29, 1.82) is 0 Å². The average molecular weight is 367 g/mol. The molecule has 0 saturated carbocycles. The van der Waals surface area contributed by atoms with Gasteiger partial charge in [-0.1, -0.05) is 42.5 Å². The van der Waals surface area contributed by atoms with Crippen molar-refractivity contribution >= 4 is 34.0 Å². The molecule has 0 aliphatic heterocycles. The highest BCUT2D eigenvalue weighted by Gasteiger charge is 2.14. The van der Waals surface area contributed by atoms with Gasteiger partial charge < -0.3 is 10.6 Å². The molecule has 0 fully saturated rings. The Bertz CT molecular complexity index is 1160. The van der Waals surface area contributed by atoms with Crippen molar-refractivity contribution in [3.63, 3.8) is 0 Å². The van der Waals surface area contributed by atoms with Crippen LogP contribution < -0.4 is 10.6 Å². The number of carbonyl (C=O) groups is 2. The van der Waals surface area contributed by atoms with Gasteiger partial charge in [-0.25, -0.2) is 0 Å². The lowest BCUT2D eigenvalue weighted by Crippen LogP contribution is -2.18. The number of anilines is 2. The van der Waals surface area contributed by atoms with Gasteiger partial charge in [-0.2, -0.15) is 0 Å². The summed E-state index contributed by atoms with van der Waals surface area (Å²) < 4.78 is 0. The lowest BCUT2D eigenvalue weighted by atomic mass is 10.1. The fourth-order valence-corrected chi connectivity index (χ4v) is 2.95. The average Bonchev–Trinajstić information content (AvgIpc) is 2.74. The number of hydrogen-bond donors (Lipinski definition) is 2. The van der Waals surface area contributed by atoms with E-state index in [1.165, 1.54) is 0 Å². The smallest absolute Gasteiger partial charge is 0.257 e. The lowest BCUT2D eigenvalue weighted by molar-refractivity contribution is 0.102. The van der Waals surface area contributed by atoms with Crippen LogP contribution in [0.15, 0.2) is 91.3 Å². The minimum Gasteiger partial charge on any atom is -0.321 e. The molecule has 28 heavy (non-hydrogen) atoms. The number of pyridine rings is 1. The number of aromatic nitrogens is 1. The standard InChI is InChI=1S/C23H17N3O2/c27-22(18-12-11-16-6-1-2-7-17(16)14-18)26-21-10-4-3-9-20(21)23(28)25-19-8-5-13-24-15-19/h1-15H,(H,25,28)(H,26,27). The highest BCUT2D eigenvalue weighted by molar-refractivity contribution is 6.13. The molecule has 0 bridgehead atoms. The van der Waals surface area contributed by atoms with Crippen LogP contribution in [-0.4, -0.2) is 16.8 Å². The van der Waals surface area contributed by atoms with Gasteiger partial charge in [0.1, 0.15) is 0 Å². The van der Waals surface area contributed by atoms with E-state index in [2.05, 4.69) is 15.6 Å². The summed E-state index contributed by atoms with van der Waals surface area (Å²) in [5, 5.41) is 7.68. The monoisotopic (exact) mass is 367 g/mol. The molecule has 5 nitrogen and oxygen atoms in total. The zero-order valence-electron chi connectivity index (χ0n) is 14.9. The Morgan fingerprint density at radius 2 is 1.50 bits per heavy atom. The Balaban J connectivity index is 1.57. The van der Waals surface area contributed by atoms with Crippen molar-refractivity contribution in [2.75, 3.05) is 10.6 Å². The largest absolute Gasteiger partial charge is 0.321 e. The number of para-hydroxylation sites is 1. The van der Waals surface area contributed by atoms with Crippen molar-refractivity contribution in [1.82, 2.24) is 4.98 Å². The zero-order chi connectivity index (χ0) is 19.3. The second-order valence-electron chi connectivity index (χ2n) is 6.26. The van der Waals surface area contributed by atoms with E-state index in [9.17, 15) is 9.59 Å². The van der Waals surface area contributed by atoms with Gasteiger partial charge in [0.05, 0.1) is 23.1 Å². The van der Waals surface area contributed by atoms with Gasteiger partial charge in [-0.3, -0.25) is 14.6 Å². The summed E-state index contributed by atoms with van der Waals surface area (Å²) >= 11 is 0. The lowest BCUT2D eigenvalue weighted by Gasteiger charge is -2.12. The van der Waals surface area contributed by atoms with Gasteiger partial charge in [0.25, 0.3) is 11.8 Å². The first-order valence-corrected chi connectivity index (χ1v) is 8.81. The van der Waals surface area contributed by atoms with E-state index in [1.54, 1.807) is 54.9 Å². The summed E-state index contributed by atoms with van der Waals surface area (Å²) in [6.07, 6.45) is 3.20. The Morgan fingerprint density at radius 3 is 2.32 bits per heavy atom. The van der Waals surface area contributed by atoms with Crippen LogP contribution in [0, 0.1) is 0 Å². The molecule has 5 heteroatoms. The second-order valence-corrected chi connectivity index (χ2v) is 6.26. The highest BCUT2D eigenvalue weighted by atomic mass is 16.2. The third-order valence-corrected chi connectivity index (χ3v) is 4.35. The molecule has 1 heterocycles. The molecule has 4 aromatic rings. The molecule has 0 spiro atoms. The molecule has 136 valence electrons. The van der Waals surface area contributed by atoms with Crippen molar-refractivity contribution in [2.24, 2.45) is 0 Å². The minimum absolute atomic E-state index is 0.271. The number of hydrogen-bond acceptors (Lipinski definition) is 3. The normalized spacial score (nSPS) is 10.4. The number of nitrogens with zero attached hydrogens (tertiary/aromatic N) is 1. The maximum absolute atomic E-state index is 12.7. The first kappa shape index (κ1) is 17.4. The van der Waals surface area contributed by atoms with E-state index in [0.717, 1.165) is 10.8 Å². The van der Waals surface area contributed by atoms with Crippen LogP contribution in [0.3, 0.4) is 0 Å². The topological polar surface area (TPSA) is 71.1 Å². The van der Waals surface area contributed by atoms with E-state index in [0.29, 0.717) is 22.5 Å². The summed E-state index contributed by atoms with van der Waals surface area (Å²) in [6, 6.07) is 23.8. The molecular formula is C23H17N3O2. The van der Waals surface area contributed by atoms with Crippen LogP contribution in [0.5, 0.6) is 0 Å². The van der Waals surface area contributed by atoms with Crippen molar-refractivity contribution in [3.05, 3.63) is 102 Å². The van der Waals surface area contributed by atoms with E-state index in [-0.39, 0.29) is 11.8 Å². The second kappa shape index (κ2) is 7.72. The molecule has 0 aliphatic carbocycles. The summed E-state index contributed by atoms with van der Waals surface area (Å²) in [5.41, 5.74) is 1.94. The number of fused-ring (bicyclic) bond motifs is 1. The van der Waals surface area contributed by atoms with E-state index >= 15 is 0 Å². The Hall–Kier alpha value is -3.99. The van der Waals surface area contributed by atoms with Crippen LogP contribution in [0.2, 0.25) is 0 Å². The Kier molecular flexibility index (Phi) is 4.80. The SMILES string of the molecule is O=C(Nc1ccccc1C(=O)Nc1cccnc1)c1ccc2ccccc2c1. The molecule has 4 rings (SSSR count). The first-order valence-electron chi connectivity index (χ1n) is 8.81. The van der Waals surface area contributed by atoms with Gasteiger partial charge in [-0.15, -0.1) is 0 Å². The fraction of sp³-hybridized carbons (Fsp3) is 0. The molecule has 0 aliphatic rings. The number of amides is 2. The van der Waals surface area contributed by atoms with Crippen LogP contribution in [0.1, 0.15) is 20.7 Å². The quantitative estimate of drug-likeness (QED) is 0.547. The van der Waals surface area contributed by atoms with Crippen LogP contribution in [0.4, 0.5) is 11.4 Å². The van der Waals surface area contributed by atoms with Crippen molar-refractivity contribution in [3.8, 4) is 0 Å². The van der Waals surface area contributed by atoms with Gasteiger partial charge in [0, 0.05) is 11.8 Å². The van der Waals surface area contributed by atoms with Crippen molar-refractivity contribution in [2.45, 2.75) is 0 Å². The summed E-state index contributed by atoms with van der Waals surface area (Å²) in [7, 11) is 0. The van der Waals surface area contributed by atoms with Gasteiger partial charge in [0.2, 0.25) is 0 Å². The fourth-order valence-electron chi connectivity index (χ4n) is 2.95. The maximum Gasteiger partial charge on any atom is 0.257 e. The molecule has 3 aromatic carbocycles. The summed E-state index contributed by atoms with van der Waals surface area (Å²) in [6.45, 7) is 0. The predicted octanol–water partition coefficient (Wildman–Crippen LogP) is 4.74. The van der Waals surface area contributed by atoms with E-state index in [1.807, 2.05) is 36.4 Å². The summed E-state index contributed by atoms with van der Waals surface area (Å²) in [5.74, 6) is -0.588. The highest BCUT2D eigenvalue weighted by Crippen LogP contribution is 2.20.